The fraction of sp³-hybridized carbons (Fsp3) is 0.500. The van der Waals surface area contributed by atoms with Crippen molar-refractivity contribution in [1.82, 2.24) is 4.31 Å². The third kappa shape index (κ3) is 3.23. The van der Waals surface area contributed by atoms with Crippen molar-refractivity contribution in [3.8, 4) is 0 Å². The van der Waals surface area contributed by atoms with Gasteiger partial charge in [-0.3, -0.25) is 0 Å². The van der Waals surface area contributed by atoms with Crippen LogP contribution in [0.25, 0.3) is 0 Å². The molecule has 0 bridgehead atoms. The third-order valence-electron chi connectivity index (χ3n) is 3.42. The van der Waals surface area contributed by atoms with Crippen LogP contribution in [0, 0.1) is 5.82 Å². The van der Waals surface area contributed by atoms with E-state index in [1.807, 2.05) is 0 Å². The molecular weight excluding hydrogens is 341 g/mol. The number of sulfonamides is 1. The molecule has 0 aliphatic carbocycles. The zero-order chi connectivity index (χ0) is 15.8. The topological polar surface area (TPSA) is 71.5 Å². The summed E-state index contributed by atoms with van der Waals surface area (Å²) < 4.78 is 63.1. The van der Waals surface area contributed by atoms with E-state index in [0.717, 1.165) is 28.8 Å². The summed E-state index contributed by atoms with van der Waals surface area (Å²) in [6, 6.07) is 2.38. The summed E-state index contributed by atoms with van der Waals surface area (Å²) in [6.07, 6.45) is 2.19. The van der Waals surface area contributed by atoms with Gasteiger partial charge in [0.1, 0.15) is 10.7 Å². The number of hydrogen-bond acceptors (Lipinski definition) is 4. The van der Waals surface area contributed by atoms with Crippen LogP contribution in [0.3, 0.4) is 0 Å². The molecule has 1 aromatic rings. The summed E-state index contributed by atoms with van der Waals surface area (Å²) in [4.78, 5) is -0.855. The van der Waals surface area contributed by atoms with Crippen LogP contribution < -0.4 is 0 Å². The maximum Gasteiger partial charge on any atom is 0.246 e. The Labute approximate surface area is 128 Å². The molecule has 1 atom stereocenters. The fourth-order valence-electron chi connectivity index (χ4n) is 2.32. The summed E-state index contributed by atoms with van der Waals surface area (Å²) in [6.45, 7) is 0.252. The first-order valence-electron chi connectivity index (χ1n) is 6.25. The normalized spacial score (nSPS) is 20.8. The number of rotatable bonds is 4. The molecule has 1 unspecified atom stereocenters. The van der Waals surface area contributed by atoms with E-state index < -0.39 is 36.6 Å². The summed E-state index contributed by atoms with van der Waals surface area (Å²) in [7, 11) is -7.72. The standard InChI is InChI=1S/C12H15ClFNO4S2/c1-20(16,17)10-4-5-11(14)12(7-10)21(18,19)15-6-2-3-9(15)8-13/h4-5,7,9H,2-3,6,8H2,1H3. The Balaban J connectivity index is 2.54. The Hall–Kier alpha value is -0.700. The van der Waals surface area contributed by atoms with E-state index >= 15 is 0 Å². The molecule has 9 heteroatoms. The minimum atomic E-state index is -4.10. The Kier molecular flexibility index (Phi) is 4.63. The minimum Gasteiger partial charge on any atom is -0.224 e. The quantitative estimate of drug-likeness (QED) is 0.608. The zero-order valence-electron chi connectivity index (χ0n) is 11.3. The first-order valence-corrected chi connectivity index (χ1v) is 10.1. The van der Waals surface area contributed by atoms with Crippen molar-refractivity contribution in [3.05, 3.63) is 24.0 Å². The molecule has 1 fully saturated rings. The van der Waals surface area contributed by atoms with Gasteiger partial charge < -0.3 is 0 Å². The van der Waals surface area contributed by atoms with Gasteiger partial charge in [-0.2, -0.15) is 4.31 Å². The number of nitrogens with zero attached hydrogens (tertiary/aromatic N) is 1. The molecular formula is C12H15ClFNO4S2. The summed E-state index contributed by atoms with van der Waals surface area (Å²) in [5.74, 6) is -0.852. The number of sulfone groups is 1. The second-order valence-corrected chi connectivity index (χ2v) is 9.11. The van der Waals surface area contributed by atoms with E-state index in [1.54, 1.807) is 0 Å². The van der Waals surface area contributed by atoms with Crippen molar-refractivity contribution in [2.24, 2.45) is 0 Å². The molecule has 1 aliphatic rings. The van der Waals surface area contributed by atoms with Crippen LogP contribution in [0.5, 0.6) is 0 Å². The molecule has 0 amide bonds. The molecule has 0 saturated carbocycles. The maximum atomic E-state index is 13.9. The lowest BCUT2D eigenvalue weighted by atomic mass is 10.3. The lowest BCUT2D eigenvalue weighted by molar-refractivity contribution is 0.407. The van der Waals surface area contributed by atoms with Crippen molar-refractivity contribution in [2.45, 2.75) is 28.7 Å². The first kappa shape index (κ1) is 16.7. The van der Waals surface area contributed by atoms with Gasteiger partial charge in [0.15, 0.2) is 9.84 Å². The van der Waals surface area contributed by atoms with Crippen LogP contribution in [0.4, 0.5) is 4.39 Å². The van der Waals surface area contributed by atoms with Gasteiger partial charge in [0.05, 0.1) is 4.90 Å². The smallest absolute Gasteiger partial charge is 0.224 e. The number of alkyl halides is 1. The minimum absolute atomic E-state index is 0.118. The molecule has 1 aromatic carbocycles. The highest BCUT2D eigenvalue weighted by atomic mass is 35.5. The third-order valence-corrected chi connectivity index (χ3v) is 6.85. The maximum absolute atomic E-state index is 13.9. The van der Waals surface area contributed by atoms with E-state index in [9.17, 15) is 21.2 Å². The largest absolute Gasteiger partial charge is 0.246 e. The fourth-order valence-corrected chi connectivity index (χ4v) is 5.23. The molecule has 1 saturated heterocycles. The molecule has 2 rings (SSSR count). The monoisotopic (exact) mass is 355 g/mol. The Morgan fingerprint density at radius 2 is 2.00 bits per heavy atom. The van der Waals surface area contributed by atoms with Gasteiger partial charge in [0.2, 0.25) is 10.0 Å². The molecule has 1 heterocycles. The van der Waals surface area contributed by atoms with Gasteiger partial charge in [-0.15, -0.1) is 11.6 Å². The highest BCUT2D eigenvalue weighted by Gasteiger charge is 2.36. The second kappa shape index (κ2) is 5.83. The molecule has 0 spiro atoms. The Morgan fingerprint density at radius 1 is 1.33 bits per heavy atom. The van der Waals surface area contributed by atoms with Crippen molar-refractivity contribution in [2.75, 3.05) is 18.7 Å². The Bertz CT molecular complexity index is 749. The van der Waals surface area contributed by atoms with Gasteiger partial charge in [-0.05, 0) is 31.0 Å². The predicted molar refractivity (Wildman–Crippen MR) is 77.1 cm³/mol. The van der Waals surface area contributed by atoms with Crippen LogP contribution in [0.1, 0.15) is 12.8 Å². The van der Waals surface area contributed by atoms with Gasteiger partial charge in [-0.1, -0.05) is 0 Å². The second-order valence-electron chi connectivity index (χ2n) is 4.93. The average molecular weight is 356 g/mol. The highest BCUT2D eigenvalue weighted by molar-refractivity contribution is 7.91. The van der Waals surface area contributed by atoms with E-state index in [1.165, 1.54) is 0 Å². The summed E-state index contributed by atoms with van der Waals surface area (Å²) >= 11 is 5.74. The van der Waals surface area contributed by atoms with Crippen LogP contribution in [0.2, 0.25) is 0 Å². The van der Waals surface area contributed by atoms with Gasteiger partial charge in [-0.25, -0.2) is 21.2 Å². The average Bonchev–Trinajstić information content (AvgIpc) is 2.86. The molecule has 0 N–H and O–H groups in total. The van der Waals surface area contributed by atoms with Crippen LogP contribution in [0.15, 0.2) is 28.0 Å². The summed E-state index contributed by atoms with van der Waals surface area (Å²) in [5.41, 5.74) is 0. The van der Waals surface area contributed by atoms with E-state index in [-0.39, 0.29) is 17.3 Å². The number of benzene rings is 1. The van der Waals surface area contributed by atoms with Gasteiger partial charge in [0, 0.05) is 24.7 Å². The zero-order valence-corrected chi connectivity index (χ0v) is 13.7. The SMILES string of the molecule is CS(=O)(=O)c1ccc(F)c(S(=O)(=O)N2CCCC2CCl)c1. The molecule has 21 heavy (non-hydrogen) atoms. The van der Waals surface area contributed by atoms with Crippen molar-refractivity contribution >= 4 is 31.5 Å². The molecule has 0 radical (unpaired) electrons. The number of hydrogen-bond donors (Lipinski definition) is 0. The van der Waals surface area contributed by atoms with E-state index in [4.69, 9.17) is 11.6 Å². The molecule has 1 aliphatic heterocycles. The highest BCUT2D eigenvalue weighted by Crippen LogP contribution is 2.29. The van der Waals surface area contributed by atoms with Gasteiger partial charge in [0.25, 0.3) is 0 Å². The Morgan fingerprint density at radius 3 is 2.57 bits per heavy atom. The summed E-state index contributed by atoms with van der Waals surface area (Å²) in [5, 5.41) is 0. The molecule has 5 nitrogen and oxygen atoms in total. The lowest BCUT2D eigenvalue weighted by Gasteiger charge is -2.22. The van der Waals surface area contributed by atoms with Crippen molar-refractivity contribution < 1.29 is 21.2 Å². The van der Waals surface area contributed by atoms with Gasteiger partial charge >= 0.3 is 0 Å². The first-order chi connectivity index (χ1) is 9.67. The van der Waals surface area contributed by atoms with E-state index in [2.05, 4.69) is 0 Å². The lowest BCUT2D eigenvalue weighted by Crippen LogP contribution is -2.37. The van der Waals surface area contributed by atoms with Crippen LogP contribution in [-0.2, 0) is 19.9 Å². The molecule has 118 valence electrons. The van der Waals surface area contributed by atoms with Crippen molar-refractivity contribution in [1.29, 1.82) is 0 Å². The predicted octanol–water partition coefficient (Wildman–Crippen LogP) is 1.62. The van der Waals surface area contributed by atoms with E-state index in [0.29, 0.717) is 12.8 Å². The van der Waals surface area contributed by atoms with Crippen LogP contribution in [-0.4, -0.2) is 45.9 Å². The molecule has 0 aromatic heterocycles. The van der Waals surface area contributed by atoms with Crippen LogP contribution >= 0.6 is 11.6 Å². The van der Waals surface area contributed by atoms with Crippen molar-refractivity contribution in [3.63, 3.8) is 0 Å². The number of halogens is 2.